The van der Waals surface area contributed by atoms with Crippen LogP contribution < -0.4 is 9.80 Å². The second-order valence-electron chi connectivity index (χ2n) is 7.30. The van der Waals surface area contributed by atoms with E-state index < -0.39 is 17.8 Å². The molecular weight excluding hydrogens is 382 g/mol. The number of nitrogens with zero attached hydrogens (tertiary/aromatic N) is 3. The van der Waals surface area contributed by atoms with Crippen LogP contribution in [0.5, 0.6) is 0 Å². The Kier molecular flexibility index (Phi) is 4.81. The van der Waals surface area contributed by atoms with Crippen molar-refractivity contribution < 1.29 is 19.5 Å². The Labute approximate surface area is 174 Å². The summed E-state index contributed by atoms with van der Waals surface area (Å²) in [6, 6.07) is 12.6. The summed E-state index contributed by atoms with van der Waals surface area (Å²) in [7, 11) is 1.64. The number of imide groups is 1. The lowest BCUT2D eigenvalue weighted by molar-refractivity contribution is -0.117. The number of anilines is 2. The number of carboxylic acids is 1. The topological polar surface area (TPSA) is 82.8 Å². The molecule has 30 heavy (non-hydrogen) atoms. The molecule has 1 aliphatic rings. The molecule has 7 nitrogen and oxygen atoms in total. The molecule has 2 aromatic carbocycles. The quantitative estimate of drug-likeness (QED) is 0.658. The average molecular weight is 405 g/mol. The van der Waals surface area contributed by atoms with E-state index in [9.17, 15) is 19.5 Å². The first-order chi connectivity index (χ1) is 14.4. The van der Waals surface area contributed by atoms with Gasteiger partial charge in [0.2, 0.25) is 5.91 Å². The second-order valence-corrected chi connectivity index (χ2v) is 7.30. The first-order valence-electron chi connectivity index (χ1n) is 9.94. The largest absolute Gasteiger partial charge is 0.477 e. The number of amides is 2. The van der Waals surface area contributed by atoms with Crippen LogP contribution >= 0.6 is 0 Å². The molecule has 7 heteroatoms. The van der Waals surface area contributed by atoms with E-state index in [1.54, 1.807) is 31.3 Å². The van der Waals surface area contributed by atoms with Gasteiger partial charge in [0.1, 0.15) is 0 Å². The summed E-state index contributed by atoms with van der Waals surface area (Å²) in [5.41, 5.74) is 2.70. The maximum atomic E-state index is 13.3. The number of aryl methyl sites for hydroxylation is 1. The van der Waals surface area contributed by atoms with Crippen LogP contribution in [0.25, 0.3) is 10.9 Å². The molecule has 4 rings (SSSR count). The van der Waals surface area contributed by atoms with E-state index in [2.05, 4.69) is 4.90 Å². The van der Waals surface area contributed by atoms with Gasteiger partial charge in [-0.15, -0.1) is 0 Å². The van der Waals surface area contributed by atoms with Crippen molar-refractivity contribution >= 4 is 40.1 Å². The highest BCUT2D eigenvalue weighted by atomic mass is 16.4. The number of carbonyl (C=O) groups is 3. The van der Waals surface area contributed by atoms with Gasteiger partial charge in [-0.3, -0.25) is 9.59 Å². The Hall–Kier alpha value is -3.61. The molecule has 0 unspecified atom stereocenters. The van der Waals surface area contributed by atoms with Gasteiger partial charge < -0.3 is 14.6 Å². The van der Waals surface area contributed by atoms with E-state index >= 15 is 0 Å². The second kappa shape index (κ2) is 7.33. The molecule has 2 heterocycles. The summed E-state index contributed by atoms with van der Waals surface area (Å²) in [4.78, 5) is 41.6. The predicted octanol–water partition coefficient (Wildman–Crippen LogP) is 3.45. The number of hydrogen-bond donors (Lipinski definition) is 1. The molecule has 0 saturated heterocycles. The van der Waals surface area contributed by atoms with Crippen LogP contribution in [0, 0.1) is 0 Å². The summed E-state index contributed by atoms with van der Waals surface area (Å²) >= 11 is 0. The van der Waals surface area contributed by atoms with Crippen molar-refractivity contribution in [1.29, 1.82) is 0 Å². The number of aromatic nitrogens is 1. The minimum absolute atomic E-state index is 0.0487. The summed E-state index contributed by atoms with van der Waals surface area (Å²) < 4.78 is 1.53. The van der Waals surface area contributed by atoms with Crippen LogP contribution in [-0.2, 0) is 18.3 Å². The first kappa shape index (κ1) is 19.7. The third kappa shape index (κ3) is 2.85. The molecule has 3 aromatic rings. The number of rotatable bonds is 5. The smallest absolute Gasteiger partial charge is 0.354 e. The van der Waals surface area contributed by atoms with Gasteiger partial charge in [-0.1, -0.05) is 18.2 Å². The van der Waals surface area contributed by atoms with Crippen LogP contribution in [0.2, 0.25) is 0 Å². The number of hydrogen-bond acceptors (Lipinski definition) is 4. The number of aromatic carboxylic acids is 1. The van der Waals surface area contributed by atoms with Crippen molar-refractivity contribution in [3.8, 4) is 0 Å². The lowest BCUT2D eigenvalue weighted by atomic mass is 9.97. The minimum Gasteiger partial charge on any atom is -0.477 e. The van der Waals surface area contributed by atoms with E-state index in [1.807, 2.05) is 32.0 Å². The van der Waals surface area contributed by atoms with Crippen molar-refractivity contribution in [2.75, 3.05) is 22.9 Å². The standard InChI is InChI=1S/C23H23N3O4/c1-4-25(5-2)15-10-11-18-17(13-15)20(21(23(29)30)24(18)3)26-19(27)12-14-8-6-7-9-16(14)22(26)28/h6-11,13H,4-5,12H2,1-3H3,(H,29,30). The Morgan fingerprint density at radius 2 is 1.80 bits per heavy atom. The maximum absolute atomic E-state index is 13.3. The van der Waals surface area contributed by atoms with E-state index in [4.69, 9.17) is 0 Å². The Morgan fingerprint density at radius 3 is 2.47 bits per heavy atom. The van der Waals surface area contributed by atoms with E-state index in [1.165, 1.54) is 4.57 Å². The van der Waals surface area contributed by atoms with Gasteiger partial charge in [-0.2, -0.15) is 0 Å². The highest BCUT2D eigenvalue weighted by molar-refractivity contribution is 6.29. The molecule has 1 N–H and O–H groups in total. The number of carbonyl (C=O) groups excluding carboxylic acids is 2. The molecule has 0 spiro atoms. The predicted molar refractivity (Wildman–Crippen MR) is 115 cm³/mol. The maximum Gasteiger partial charge on any atom is 0.354 e. The molecule has 0 atom stereocenters. The Balaban J connectivity index is 2.00. The van der Waals surface area contributed by atoms with Gasteiger partial charge in [-0.25, -0.2) is 9.69 Å². The molecule has 1 aliphatic heterocycles. The Morgan fingerprint density at radius 1 is 1.10 bits per heavy atom. The summed E-state index contributed by atoms with van der Waals surface area (Å²) in [6.45, 7) is 5.64. The van der Waals surface area contributed by atoms with Crippen LogP contribution in [-0.4, -0.2) is 40.5 Å². The summed E-state index contributed by atoms with van der Waals surface area (Å²) in [5, 5.41) is 10.5. The fourth-order valence-corrected chi connectivity index (χ4v) is 4.25. The monoisotopic (exact) mass is 405 g/mol. The number of benzene rings is 2. The van der Waals surface area contributed by atoms with Crippen molar-refractivity contribution in [3.63, 3.8) is 0 Å². The zero-order valence-corrected chi connectivity index (χ0v) is 17.2. The average Bonchev–Trinajstić information content (AvgIpc) is 3.01. The first-order valence-corrected chi connectivity index (χ1v) is 9.94. The zero-order valence-electron chi connectivity index (χ0n) is 17.2. The third-order valence-corrected chi connectivity index (χ3v) is 5.75. The molecule has 0 bridgehead atoms. The molecule has 0 fully saturated rings. The van der Waals surface area contributed by atoms with Gasteiger partial charge in [0.25, 0.3) is 5.91 Å². The van der Waals surface area contributed by atoms with Gasteiger partial charge in [0.05, 0.1) is 17.6 Å². The van der Waals surface area contributed by atoms with E-state index in [0.717, 1.165) is 23.7 Å². The highest BCUT2D eigenvalue weighted by Crippen LogP contribution is 2.38. The lowest BCUT2D eigenvalue weighted by Crippen LogP contribution is -2.43. The van der Waals surface area contributed by atoms with Gasteiger partial charge in [0.15, 0.2) is 5.69 Å². The number of fused-ring (bicyclic) bond motifs is 2. The molecule has 0 saturated carbocycles. The van der Waals surface area contributed by atoms with Crippen molar-refractivity contribution in [2.45, 2.75) is 20.3 Å². The van der Waals surface area contributed by atoms with Crippen molar-refractivity contribution in [3.05, 3.63) is 59.3 Å². The zero-order chi connectivity index (χ0) is 21.6. The minimum atomic E-state index is -1.19. The van der Waals surface area contributed by atoms with Crippen molar-refractivity contribution in [1.82, 2.24) is 4.57 Å². The van der Waals surface area contributed by atoms with Crippen LogP contribution in [0.4, 0.5) is 11.4 Å². The summed E-state index contributed by atoms with van der Waals surface area (Å²) in [5.74, 6) is -2.11. The SMILES string of the molecule is CCN(CC)c1ccc2c(c1)c(N1C(=O)Cc3ccccc3C1=O)c(C(=O)O)n2C. The molecule has 2 amide bonds. The normalized spacial score (nSPS) is 13.6. The molecular formula is C23H23N3O4. The van der Waals surface area contributed by atoms with Crippen molar-refractivity contribution in [2.24, 2.45) is 7.05 Å². The van der Waals surface area contributed by atoms with Gasteiger partial charge in [0, 0.05) is 36.8 Å². The van der Waals surface area contributed by atoms with Crippen LogP contribution in [0.15, 0.2) is 42.5 Å². The lowest BCUT2D eigenvalue weighted by Gasteiger charge is -2.27. The third-order valence-electron chi connectivity index (χ3n) is 5.75. The van der Waals surface area contributed by atoms with E-state index in [0.29, 0.717) is 22.0 Å². The highest BCUT2D eigenvalue weighted by Gasteiger charge is 2.37. The molecule has 154 valence electrons. The Bertz CT molecular complexity index is 1190. The molecule has 1 aromatic heterocycles. The van der Waals surface area contributed by atoms with E-state index in [-0.39, 0.29) is 17.8 Å². The fraction of sp³-hybridized carbons (Fsp3) is 0.261. The molecule has 0 aliphatic carbocycles. The molecule has 0 radical (unpaired) electrons. The van der Waals surface area contributed by atoms with Gasteiger partial charge in [-0.05, 0) is 43.7 Å². The fourth-order valence-electron chi connectivity index (χ4n) is 4.25. The van der Waals surface area contributed by atoms with Gasteiger partial charge >= 0.3 is 5.97 Å². The summed E-state index contributed by atoms with van der Waals surface area (Å²) in [6.07, 6.45) is 0.0487. The van der Waals surface area contributed by atoms with Crippen LogP contribution in [0.3, 0.4) is 0 Å². The van der Waals surface area contributed by atoms with Crippen LogP contribution in [0.1, 0.15) is 40.3 Å². The number of carboxylic acid groups (broad SMARTS) is 1.